The van der Waals surface area contributed by atoms with Crippen LogP contribution in [0, 0.1) is 6.92 Å². The van der Waals surface area contributed by atoms with Crippen LogP contribution in [0.5, 0.6) is 0 Å². The van der Waals surface area contributed by atoms with Crippen molar-refractivity contribution in [1.29, 1.82) is 0 Å². The molecule has 0 radical (unpaired) electrons. The fourth-order valence-electron chi connectivity index (χ4n) is 3.14. The van der Waals surface area contributed by atoms with Gasteiger partial charge in [0.25, 0.3) is 0 Å². The summed E-state index contributed by atoms with van der Waals surface area (Å²) in [7, 11) is 0. The zero-order chi connectivity index (χ0) is 16.5. The van der Waals surface area contributed by atoms with Gasteiger partial charge in [0, 0.05) is 22.9 Å². The summed E-state index contributed by atoms with van der Waals surface area (Å²) >= 11 is 1.59. The number of furan rings is 1. The predicted molar refractivity (Wildman–Crippen MR) is 90.8 cm³/mol. The molecule has 1 unspecified atom stereocenters. The Bertz CT molecular complexity index is 848. The average Bonchev–Trinajstić information content (AvgIpc) is 3.28. The van der Waals surface area contributed by atoms with Crippen LogP contribution < -0.4 is 5.32 Å². The summed E-state index contributed by atoms with van der Waals surface area (Å²) in [6, 6.07) is 3.95. The summed E-state index contributed by atoms with van der Waals surface area (Å²) in [6.45, 7) is 1.85. The maximum absolute atomic E-state index is 12.4. The number of hydrogen-bond donors (Lipinski definition) is 1. The number of aromatic nitrogens is 1. The molecule has 0 aliphatic heterocycles. The van der Waals surface area contributed by atoms with Crippen molar-refractivity contribution in [2.75, 3.05) is 0 Å². The lowest BCUT2D eigenvalue weighted by Gasteiger charge is -2.22. The van der Waals surface area contributed by atoms with Crippen molar-refractivity contribution in [2.45, 2.75) is 38.6 Å². The van der Waals surface area contributed by atoms with Crippen LogP contribution >= 0.6 is 11.3 Å². The minimum absolute atomic E-state index is 0.0311. The van der Waals surface area contributed by atoms with E-state index in [1.807, 2.05) is 29.8 Å². The highest BCUT2D eigenvalue weighted by Crippen LogP contribution is 2.30. The lowest BCUT2D eigenvalue weighted by Crippen LogP contribution is -2.31. The number of carbonyl (C=O) groups excluding carboxylic acids is 1. The van der Waals surface area contributed by atoms with E-state index >= 15 is 0 Å². The molecule has 6 heteroatoms. The Hall–Kier alpha value is -2.34. The van der Waals surface area contributed by atoms with E-state index in [0.29, 0.717) is 17.3 Å². The second-order valence-electron chi connectivity index (χ2n) is 6.02. The highest BCUT2D eigenvalue weighted by atomic mass is 32.1. The van der Waals surface area contributed by atoms with Crippen LogP contribution in [-0.4, -0.2) is 10.9 Å². The Morgan fingerprint density at radius 1 is 1.46 bits per heavy atom. The molecule has 0 saturated carbocycles. The van der Waals surface area contributed by atoms with Crippen LogP contribution in [0.3, 0.4) is 0 Å². The molecule has 124 valence electrons. The summed E-state index contributed by atoms with van der Waals surface area (Å²) in [6.07, 6.45) is 4.83. The van der Waals surface area contributed by atoms with Gasteiger partial charge in [0.15, 0.2) is 0 Å². The number of hydrogen-bond acceptors (Lipinski definition) is 5. The summed E-state index contributed by atoms with van der Waals surface area (Å²) in [5.74, 6) is 2.22. The minimum atomic E-state index is -0.0395. The first-order valence-electron chi connectivity index (χ1n) is 8.05. The normalized spacial score (nSPS) is 16.8. The van der Waals surface area contributed by atoms with Gasteiger partial charge < -0.3 is 14.2 Å². The number of oxazole rings is 1. The average molecular weight is 342 g/mol. The first kappa shape index (κ1) is 15.2. The number of thiophene rings is 1. The standard InChI is InChI=1S/C18H18N2O3S/c1-11-15(20-18(23-11)12-6-8-24-10-12)9-17(21)19-14-3-2-4-16-13(14)5-7-22-16/h5-8,10,14H,2-4,9H2,1H3,(H,19,21). The van der Waals surface area contributed by atoms with Gasteiger partial charge in [0.2, 0.25) is 11.8 Å². The van der Waals surface area contributed by atoms with Crippen LogP contribution in [0.15, 0.2) is 38.0 Å². The Labute approximate surface area is 143 Å². The molecule has 0 aromatic carbocycles. The fourth-order valence-corrected chi connectivity index (χ4v) is 3.77. The Kier molecular flexibility index (Phi) is 3.98. The Morgan fingerprint density at radius 2 is 2.38 bits per heavy atom. The number of nitrogens with one attached hydrogen (secondary N) is 1. The molecule has 1 aliphatic rings. The lowest BCUT2D eigenvalue weighted by molar-refractivity contribution is -0.121. The summed E-state index contributed by atoms with van der Waals surface area (Å²) in [4.78, 5) is 16.9. The third-order valence-corrected chi connectivity index (χ3v) is 5.06. The van der Waals surface area contributed by atoms with Gasteiger partial charge >= 0.3 is 0 Å². The Morgan fingerprint density at radius 3 is 3.21 bits per heavy atom. The topological polar surface area (TPSA) is 68.3 Å². The smallest absolute Gasteiger partial charge is 0.227 e. The third kappa shape index (κ3) is 2.89. The second kappa shape index (κ2) is 6.28. The molecule has 1 amide bonds. The van der Waals surface area contributed by atoms with E-state index in [0.717, 1.165) is 36.1 Å². The van der Waals surface area contributed by atoms with Crippen molar-refractivity contribution in [3.05, 3.63) is 51.9 Å². The second-order valence-corrected chi connectivity index (χ2v) is 6.80. The first-order valence-corrected chi connectivity index (χ1v) is 8.99. The molecule has 24 heavy (non-hydrogen) atoms. The molecule has 5 nitrogen and oxygen atoms in total. The van der Waals surface area contributed by atoms with Gasteiger partial charge in [-0.05, 0) is 37.3 Å². The molecule has 1 N–H and O–H groups in total. The molecule has 1 aliphatic carbocycles. The number of rotatable bonds is 4. The van der Waals surface area contributed by atoms with Gasteiger partial charge in [0.05, 0.1) is 24.4 Å². The summed E-state index contributed by atoms with van der Waals surface area (Å²) < 4.78 is 11.2. The summed E-state index contributed by atoms with van der Waals surface area (Å²) in [5.41, 5.74) is 2.74. The van der Waals surface area contributed by atoms with Crippen molar-refractivity contribution in [3.63, 3.8) is 0 Å². The van der Waals surface area contributed by atoms with Crippen LogP contribution in [0.4, 0.5) is 0 Å². The van der Waals surface area contributed by atoms with Crippen molar-refractivity contribution >= 4 is 17.2 Å². The highest BCUT2D eigenvalue weighted by Gasteiger charge is 2.24. The van der Waals surface area contributed by atoms with Gasteiger partial charge in [0.1, 0.15) is 11.5 Å². The van der Waals surface area contributed by atoms with Crippen LogP contribution in [0.1, 0.15) is 41.7 Å². The number of nitrogens with zero attached hydrogens (tertiary/aromatic N) is 1. The van der Waals surface area contributed by atoms with Crippen molar-refractivity contribution < 1.29 is 13.6 Å². The first-order chi connectivity index (χ1) is 11.7. The van der Waals surface area contributed by atoms with E-state index in [9.17, 15) is 4.79 Å². The van der Waals surface area contributed by atoms with Gasteiger partial charge in [-0.1, -0.05) is 0 Å². The monoisotopic (exact) mass is 342 g/mol. The minimum Gasteiger partial charge on any atom is -0.469 e. The van der Waals surface area contributed by atoms with Gasteiger partial charge in [-0.2, -0.15) is 11.3 Å². The number of aryl methyl sites for hydroxylation is 2. The fraction of sp³-hybridized carbons (Fsp3) is 0.333. The molecular weight excluding hydrogens is 324 g/mol. The molecule has 3 heterocycles. The van der Waals surface area contributed by atoms with Crippen molar-refractivity contribution in [1.82, 2.24) is 10.3 Å². The SMILES string of the molecule is Cc1oc(-c2ccsc2)nc1CC(=O)NC1CCCc2occc21. The summed E-state index contributed by atoms with van der Waals surface area (Å²) in [5, 5.41) is 7.07. The zero-order valence-corrected chi connectivity index (χ0v) is 14.2. The van der Waals surface area contributed by atoms with Gasteiger partial charge in [-0.15, -0.1) is 0 Å². The van der Waals surface area contributed by atoms with E-state index in [2.05, 4.69) is 10.3 Å². The molecular formula is C18H18N2O3S. The largest absolute Gasteiger partial charge is 0.469 e. The molecule has 0 saturated heterocycles. The number of amides is 1. The maximum atomic E-state index is 12.4. The highest BCUT2D eigenvalue weighted by molar-refractivity contribution is 7.08. The molecule has 0 fully saturated rings. The van der Waals surface area contributed by atoms with Crippen LogP contribution in [0.25, 0.3) is 11.5 Å². The van der Waals surface area contributed by atoms with E-state index in [1.165, 1.54) is 0 Å². The third-order valence-electron chi connectivity index (χ3n) is 4.38. The van der Waals surface area contributed by atoms with Gasteiger partial charge in [-0.3, -0.25) is 4.79 Å². The van der Waals surface area contributed by atoms with E-state index in [1.54, 1.807) is 17.6 Å². The van der Waals surface area contributed by atoms with Crippen molar-refractivity contribution in [2.24, 2.45) is 0 Å². The van der Waals surface area contributed by atoms with Crippen molar-refractivity contribution in [3.8, 4) is 11.5 Å². The lowest BCUT2D eigenvalue weighted by atomic mass is 9.93. The molecule has 1 atom stereocenters. The molecule has 0 spiro atoms. The van der Waals surface area contributed by atoms with Gasteiger partial charge in [-0.25, -0.2) is 4.98 Å². The molecule has 4 rings (SSSR count). The Balaban J connectivity index is 1.46. The predicted octanol–water partition coefficient (Wildman–Crippen LogP) is 4.04. The number of carbonyl (C=O) groups is 1. The van der Waals surface area contributed by atoms with E-state index in [-0.39, 0.29) is 18.4 Å². The zero-order valence-electron chi connectivity index (χ0n) is 13.4. The quantitative estimate of drug-likeness (QED) is 0.777. The molecule has 3 aromatic rings. The van der Waals surface area contributed by atoms with E-state index < -0.39 is 0 Å². The van der Waals surface area contributed by atoms with Crippen LogP contribution in [-0.2, 0) is 17.6 Å². The van der Waals surface area contributed by atoms with Crippen LogP contribution in [0.2, 0.25) is 0 Å². The maximum Gasteiger partial charge on any atom is 0.227 e. The molecule has 0 bridgehead atoms. The number of fused-ring (bicyclic) bond motifs is 1. The van der Waals surface area contributed by atoms with E-state index in [4.69, 9.17) is 8.83 Å². The molecule has 3 aromatic heterocycles.